The van der Waals surface area contributed by atoms with E-state index in [4.69, 9.17) is 33.9 Å². The summed E-state index contributed by atoms with van der Waals surface area (Å²) in [4.78, 5) is 137. The van der Waals surface area contributed by atoms with Gasteiger partial charge >= 0.3 is 28.4 Å². The lowest BCUT2D eigenvalue weighted by atomic mass is 10.1. The molecule has 0 aliphatic carbocycles. The van der Waals surface area contributed by atoms with Crippen molar-refractivity contribution in [3.8, 4) is 0 Å². The zero-order valence-corrected chi connectivity index (χ0v) is 68.6. The van der Waals surface area contributed by atoms with Gasteiger partial charge in [-0.1, -0.05) is 66.7 Å². The summed E-state index contributed by atoms with van der Waals surface area (Å²) in [7, 11) is 1.72. The zero-order valence-electron chi connectivity index (χ0n) is 68.6. The Morgan fingerprint density at radius 3 is 1.12 bits per heavy atom. The largest absolute Gasteiger partial charge is 0.394 e. The lowest BCUT2D eigenvalue weighted by Crippen LogP contribution is -2.43. The Balaban J connectivity index is 0.000000138. The van der Waals surface area contributed by atoms with E-state index in [2.05, 4.69) is 30.2 Å². The highest BCUT2D eigenvalue weighted by molar-refractivity contribution is 5.84. The van der Waals surface area contributed by atoms with Crippen molar-refractivity contribution in [1.29, 1.82) is 0 Å². The number of ether oxygens (including phenoxy) is 5. The second-order valence-corrected chi connectivity index (χ2v) is 30.4. The fraction of sp³-hybridized carbons (Fsp3) is 0.402. The quantitative estimate of drug-likeness (QED) is 0.0318. The standard InChI is InChI=1S/C19H19N3O6.C18H22N2O6.C17H18N4O6.C14H18N4O6.C14H16N4O6/c23-10-14-16(25)17(26)18(28-14)21-8-6-15(24)22(19(21)27)9-13-12-4-2-1-3-11(12)5-7-20-13;1-11-4-2-3-5-12(11)6-8-19-14(22)7-9-20(18(19)25)17-16(24)15(23)13(10-21)26-17;22-8-12-14(24)15(25)16(27-12)20-6-5-13(23)21(17(20)26)7-11-9-3-1-2-4-10(9)18-19-11;1-16-4-2-8(15-16)6-18-10(20)3-5-17(14(18)23)13-12(22)11(21)9(7-19)24-13;19-7-8-11(21)12(22)13(24-8)17-5-2-10(20)18(14(17)23)6-9-15-3-1-4-16-9/h1-8,14,16-18,23,25-26H,9-10H2;2-5,7,9,13,15-17,21,23-24H,6,8,10H2,1H3;1-6,12,14-16,22,24-25H,7-8H2,(H,18,19);2-5,9,11-13,19,21-22H,6-7H2,1H3;1-5,8,11-13,19,21-22H,6-7H2/t14-,16+,17?,18-;13-,15+,16?,17-;12-,14+,15?,16-;9-,11+,12?,13-;8-,11+,12?,13-/m11111/s1. The molecule has 3 aromatic carbocycles. The number of pyridine rings is 1. The van der Waals surface area contributed by atoms with Crippen LogP contribution in [0.25, 0.3) is 21.7 Å². The fourth-order valence-corrected chi connectivity index (χ4v) is 15.1. The van der Waals surface area contributed by atoms with E-state index in [0.29, 0.717) is 29.0 Å². The molecular weight excluding hydrogens is 1700 g/mol. The SMILES string of the molecule is Cc1ccccc1CCn1c(=O)ccn([C@@H]2O[C@H](CO)[C@H](O)C2O)c1=O.Cn1ccc(Cn2c(=O)ccn([C@@H]3O[C@H](CO)[C@H](O)C3O)c2=O)n1.O=c1ccn([C@@H]2O[C@H](CO)[C@H](O)C2O)c(=O)n1Cc1[nH]nc2ccccc12.O=c1ccn([C@@H]2O[C@H](CO)[C@H](O)C2O)c(=O)n1Cc1nccc2ccccc12.O=c1ccn([C@@H]2O[C@H](CO)[C@H](O)C2O)c(=O)n1Cc1ncccn1. The van der Waals surface area contributed by atoms with Gasteiger partial charge in [-0.2, -0.15) is 10.2 Å². The first-order valence-corrected chi connectivity index (χ1v) is 40.2. The molecule has 129 heavy (non-hydrogen) atoms. The Labute approximate surface area is 723 Å². The van der Waals surface area contributed by atoms with Crippen molar-refractivity contribution in [3.63, 3.8) is 0 Å². The molecule has 5 aliphatic heterocycles. The van der Waals surface area contributed by atoms with Crippen LogP contribution in [0.5, 0.6) is 0 Å². The maximum Gasteiger partial charge on any atom is 0.333 e. The van der Waals surface area contributed by atoms with E-state index in [9.17, 15) is 114 Å². The first-order valence-electron chi connectivity index (χ1n) is 40.2. The predicted octanol–water partition coefficient (Wildman–Crippen LogP) is -8.20. The summed E-state index contributed by atoms with van der Waals surface area (Å²) in [6.07, 6.45) is -12.0. The molecule has 0 amide bonds. The smallest absolute Gasteiger partial charge is 0.333 e. The summed E-state index contributed by atoms with van der Waals surface area (Å²) in [6, 6.07) is 33.5. The van der Waals surface area contributed by atoms with Crippen molar-refractivity contribution < 1.29 is 100 Å². The first-order chi connectivity index (χ1) is 61.9. The van der Waals surface area contributed by atoms with Crippen molar-refractivity contribution in [1.82, 2.24) is 80.6 Å². The van der Waals surface area contributed by atoms with Gasteiger partial charge in [-0.25, -0.2) is 33.9 Å². The van der Waals surface area contributed by atoms with Crippen molar-refractivity contribution in [3.05, 3.63) is 315 Å². The zero-order chi connectivity index (χ0) is 92.5. The Morgan fingerprint density at radius 2 is 0.721 bits per heavy atom. The van der Waals surface area contributed by atoms with Gasteiger partial charge in [0.15, 0.2) is 31.1 Å². The Bertz CT molecular complexity index is 6560. The van der Waals surface area contributed by atoms with Crippen molar-refractivity contribution in [2.45, 2.75) is 169 Å². The van der Waals surface area contributed by atoms with E-state index >= 15 is 0 Å². The highest BCUT2D eigenvalue weighted by atomic mass is 16.6. The summed E-state index contributed by atoms with van der Waals surface area (Å²) in [5.74, 6) is 0.274. The van der Waals surface area contributed by atoms with E-state index < -0.39 is 212 Å². The number of aliphatic hydroxyl groups excluding tert-OH is 15. The average Bonchev–Trinajstić information content (AvgIpc) is 1.69. The number of nitrogens with one attached hydrogen (secondary N) is 1. The molecule has 16 N–H and O–H groups in total. The van der Waals surface area contributed by atoms with Gasteiger partial charge in [-0.3, -0.25) is 84.4 Å². The van der Waals surface area contributed by atoms with E-state index in [-0.39, 0.29) is 38.5 Å². The van der Waals surface area contributed by atoms with Crippen LogP contribution in [0.3, 0.4) is 0 Å². The summed E-state index contributed by atoms with van der Waals surface area (Å²) < 4.78 is 38.4. The molecule has 686 valence electrons. The highest BCUT2D eigenvalue weighted by Crippen LogP contribution is 2.33. The molecule has 0 spiro atoms. The van der Waals surface area contributed by atoms with Crippen LogP contribution in [0.15, 0.2) is 225 Å². The number of hydrogen-bond acceptors (Lipinski definition) is 35. The van der Waals surface area contributed by atoms with Crippen LogP contribution in [-0.4, -0.2) is 282 Å². The van der Waals surface area contributed by atoms with Crippen LogP contribution in [0.4, 0.5) is 0 Å². The molecule has 14 heterocycles. The molecule has 47 nitrogen and oxygen atoms in total. The van der Waals surface area contributed by atoms with E-state index in [0.717, 1.165) is 79.0 Å². The average molecular weight is 1800 g/mol. The lowest BCUT2D eigenvalue weighted by molar-refractivity contribution is -0.0556. The van der Waals surface area contributed by atoms with Crippen molar-refractivity contribution in [2.24, 2.45) is 7.05 Å². The van der Waals surface area contributed by atoms with Gasteiger partial charge in [0.2, 0.25) is 0 Å². The van der Waals surface area contributed by atoms with Crippen LogP contribution < -0.4 is 56.2 Å². The fourth-order valence-electron chi connectivity index (χ4n) is 15.1. The van der Waals surface area contributed by atoms with E-state index in [1.54, 1.807) is 42.3 Å². The molecular formula is C82H93N17O30. The van der Waals surface area contributed by atoms with Gasteiger partial charge in [0.1, 0.15) is 97.4 Å². The second kappa shape index (κ2) is 41.2. The third kappa shape index (κ3) is 20.0. The number of aromatic nitrogens is 17. The molecule has 17 rings (SSSR count). The van der Waals surface area contributed by atoms with Gasteiger partial charge in [0.25, 0.3) is 27.8 Å². The van der Waals surface area contributed by atoms with Gasteiger partial charge in [-0.05, 0) is 54.1 Å². The number of nitrogens with zero attached hydrogens (tertiary/aromatic N) is 16. The Hall–Kier alpha value is -12.6. The van der Waals surface area contributed by atoms with E-state index in [1.807, 2.05) is 79.7 Å². The maximum atomic E-state index is 12.9. The normalized spacial score (nSPS) is 25.7. The molecule has 5 fully saturated rings. The summed E-state index contributed by atoms with van der Waals surface area (Å²) in [5, 5.41) is 159. The lowest BCUT2D eigenvalue weighted by Gasteiger charge is -2.18. The number of aryl methyl sites for hydroxylation is 3. The van der Waals surface area contributed by atoms with Gasteiger partial charge in [-0.15, -0.1) is 0 Å². The number of hydrogen-bond donors (Lipinski definition) is 16. The number of rotatable bonds is 21. The Kier molecular flexibility index (Phi) is 30.1. The van der Waals surface area contributed by atoms with Crippen molar-refractivity contribution >= 4 is 21.7 Å². The van der Waals surface area contributed by atoms with Gasteiger partial charge < -0.3 is 100 Å². The van der Waals surface area contributed by atoms with Gasteiger partial charge in [0.05, 0.1) is 81.8 Å². The molecule has 12 aromatic rings. The molecule has 5 saturated heterocycles. The number of aromatic amines is 1. The van der Waals surface area contributed by atoms with E-state index in [1.165, 1.54) is 67.6 Å². The number of fused-ring (bicyclic) bond motifs is 2. The molecule has 20 atom stereocenters. The van der Waals surface area contributed by atoms with Crippen LogP contribution in [-0.2, 0) is 69.9 Å². The van der Waals surface area contributed by atoms with Crippen LogP contribution in [0.1, 0.15) is 65.2 Å². The number of H-pyrrole nitrogens is 1. The molecule has 47 heteroatoms. The molecule has 5 unspecified atom stereocenters. The number of benzene rings is 3. The van der Waals surface area contributed by atoms with Crippen LogP contribution in [0, 0.1) is 6.92 Å². The third-order valence-corrected chi connectivity index (χ3v) is 22.2. The van der Waals surface area contributed by atoms with Crippen LogP contribution in [0.2, 0.25) is 0 Å². The van der Waals surface area contributed by atoms with Crippen LogP contribution >= 0.6 is 0 Å². The highest BCUT2D eigenvalue weighted by Gasteiger charge is 2.49. The summed E-state index contributed by atoms with van der Waals surface area (Å²) in [5.41, 5.74) is -1.62. The minimum Gasteiger partial charge on any atom is -0.394 e. The van der Waals surface area contributed by atoms with Crippen molar-refractivity contribution in [2.75, 3.05) is 33.0 Å². The molecule has 9 aromatic heterocycles. The molecule has 0 radical (unpaired) electrons. The second-order valence-electron chi connectivity index (χ2n) is 30.4. The first kappa shape index (κ1) is 94.1. The minimum absolute atomic E-state index is 0.0336. The third-order valence-electron chi connectivity index (χ3n) is 22.2. The summed E-state index contributed by atoms with van der Waals surface area (Å²) in [6.45, 7) is -0.676. The van der Waals surface area contributed by atoms with Gasteiger partial charge in [0, 0.05) is 110 Å². The summed E-state index contributed by atoms with van der Waals surface area (Å²) >= 11 is 0. The number of aliphatic hydroxyl groups is 15. The maximum absolute atomic E-state index is 12.9. The monoisotopic (exact) mass is 1800 g/mol. The molecule has 0 bridgehead atoms. The topological polar surface area (TPSA) is 655 Å². The molecule has 0 saturated carbocycles. The molecule has 5 aliphatic rings. The minimum atomic E-state index is -1.42. The Morgan fingerprint density at radius 1 is 0.357 bits per heavy atom. The predicted molar refractivity (Wildman–Crippen MR) is 444 cm³/mol. The number of para-hydroxylation sites is 1.